The van der Waals surface area contributed by atoms with E-state index in [-0.39, 0.29) is 0 Å². The van der Waals surface area contributed by atoms with Crippen molar-refractivity contribution in [3.63, 3.8) is 0 Å². The van der Waals surface area contributed by atoms with Crippen LogP contribution in [0, 0.1) is 18.3 Å². The van der Waals surface area contributed by atoms with Crippen molar-refractivity contribution >= 4 is 29.2 Å². The van der Waals surface area contributed by atoms with Gasteiger partial charge in [0.15, 0.2) is 0 Å². The summed E-state index contributed by atoms with van der Waals surface area (Å²) in [5.74, 6) is -2.79. The maximum Gasteiger partial charge on any atom is 0.316 e. The molecule has 0 radical (unpaired) electrons. The van der Waals surface area contributed by atoms with E-state index in [1.54, 1.807) is 45.9 Å². The third-order valence-corrected chi connectivity index (χ3v) is 3.31. The maximum atomic E-state index is 12.1. The van der Waals surface area contributed by atoms with Gasteiger partial charge in [0, 0.05) is 10.7 Å². The van der Waals surface area contributed by atoms with Gasteiger partial charge in [0.05, 0.1) is 0 Å². The highest BCUT2D eigenvalue weighted by Crippen LogP contribution is 2.29. The highest BCUT2D eigenvalue weighted by Gasteiger charge is 2.37. The second-order valence-corrected chi connectivity index (χ2v) is 5.95. The Morgan fingerprint density at radius 3 is 2.37 bits per heavy atom. The molecule has 0 aromatic heterocycles. The molecule has 4 nitrogen and oxygen atoms in total. The van der Waals surface area contributed by atoms with Crippen molar-refractivity contribution < 1.29 is 14.7 Å². The zero-order chi connectivity index (χ0) is 14.8. The predicted octanol–water partition coefficient (Wildman–Crippen LogP) is 3.33. The number of carbonyl (C=O) groups is 2. The number of carboxylic acid groups (broad SMARTS) is 1. The van der Waals surface area contributed by atoms with Gasteiger partial charge < -0.3 is 10.4 Å². The van der Waals surface area contributed by atoms with Crippen molar-refractivity contribution in [1.29, 1.82) is 0 Å². The van der Waals surface area contributed by atoms with Crippen LogP contribution in [0.15, 0.2) is 18.2 Å². The first kappa shape index (κ1) is 15.5. The lowest BCUT2D eigenvalue weighted by Gasteiger charge is -2.26. The van der Waals surface area contributed by atoms with Crippen LogP contribution < -0.4 is 5.32 Å². The Labute approximate surface area is 117 Å². The van der Waals surface area contributed by atoms with Crippen molar-refractivity contribution in [2.24, 2.45) is 11.3 Å². The monoisotopic (exact) mass is 283 g/mol. The van der Waals surface area contributed by atoms with Gasteiger partial charge in [0.2, 0.25) is 5.91 Å². The minimum absolute atomic E-state index is 0.528. The first-order valence-corrected chi connectivity index (χ1v) is 6.31. The van der Waals surface area contributed by atoms with E-state index in [0.29, 0.717) is 10.7 Å². The van der Waals surface area contributed by atoms with E-state index < -0.39 is 23.2 Å². The van der Waals surface area contributed by atoms with E-state index in [1.807, 2.05) is 0 Å². The first-order chi connectivity index (χ1) is 8.64. The summed E-state index contributed by atoms with van der Waals surface area (Å²) in [6.07, 6.45) is 0. The predicted molar refractivity (Wildman–Crippen MR) is 75.4 cm³/mol. The first-order valence-electron chi connectivity index (χ1n) is 5.93. The van der Waals surface area contributed by atoms with Crippen LogP contribution in [0.2, 0.25) is 5.02 Å². The van der Waals surface area contributed by atoms with Gasteiger partial charge in [-0.15, -0.1) is 0 Å². The van der Waals surface area contributed by atoms with E-state index in [1.165, 1.54) is 0 Å². The average Bonchev–Trinajstić information content (AvgIpc) is 2.22. The summed E-state index contributed by atoms with van der Waals surface area (Å²) in [7, 11) is 0. The van der Waals surface area contributed by atoms with Crippen LogP contribution >= 0.6 is 11.6 Å². The zero-order valence-corrected chi connectivity index (χ0v) is 12.2. The molecular formula is C14H18ClNO3. The molecule has 0 saturated heterocycles. The van der Waals surface area contributed by atoms with Crippen molar-refractivity contribution in [3.05, 3.63) is 28.8 Å². The number of aliphatic carboxylic acids is 1. The molecule has 0 aliphatic rings. The van der Waals surface area contributed by atoms with Gasteiger partial charge >= 0.3 is 5.97 Å². The van der Waals surface area contributed by atoms with E-state index >= 15 is 0 Å². The van der Waals surface area contributed by atoms with E-state index in [0.717, 1.165) is 5.56 Å². The van der Waals surface area contributed by atoms with Crippen LogP contribution in [0.1, 0.15) is 26.3 Å². The molecule has 0 heterocycles. The van der Waals surface area contributed by atoms with Crippen LogP contribution in [0.3, 0.4) is 0 Å². The van der Waals surface area contributed by atoms with Crippen molar-refractivity contribution in [1.82, 2.24) is 0 Å². The van der Waals surface area contributed by atoms with Crippen LogP contribution in [-0.4, -0.2) is 17.0 Å². The third kappa shape index (κ3) is 3.70. The van der Waals surface area contributed by atoms with Gasteiger partial charge in [-0.05, 0) is 30.0 Å². The standard InChI is InChI=1S/C14H18ClNO3/c1-8-9(15)6-5-7-10(8)16-12(17)11(13(18)19)14(2,3)4/h5-7,11H,1-4H3,(H,16,17)(H,18,19). The molecule has 1 amide bonds. The molecule has 0 fully saturated rings. The van der Waals surface area contributed by atoms with Gasteiger partial charge in [-0.25, -0.2) is 0 Å². The second-order valence-electron chi connectivity index (χ2n) is 5.54. The summed E-state index contributed by atoms with van der Waals surface area (Å²) in [6, 6.07) is 5.11. The maximum absolute atomic E-state index is 12.1. The number of nitrogens with one attached hydrogen (secondary N) is 1. The topological polar surface area (TPSA) is 66.4 Å². The largest absolute Gasteiger partial charge is 0.481 e. The Bertz CT molecular complexity index is 506. The van der Waals surface area contributed by atoms with Crippen LogP contribution in [-0.2, 0) is 9.59 Å². The van der Waals surface area contributed by atoms with Crippen molar-refractivity contribution in [3.8, 4) is 0 Å². The molecule has 1 aromatic carbocycles. The Kier molecular flexibility index (Phi) is 4.58. The fourth-order valence-corrected chi connectivity index (χ4v) is 2.00. The summed E-state index contributed by atoms with van der Waals surface area (Å²) in [4.78, 5) is 23.4. The smallest absolute Gasteiger partial charge is 0.316 e. The molecule has 1 unspecified atom stereocenters. The van der Waals surface area contributed by atoms with E-state index in [2.05, 4.69) is 5.32 Å². The normalized spacial score (nSPS) is 12.9. The molecular weight excluding hydrogens is 266 g/mol. The Morgan fingerprint density at radius 2 is 1.89 bits per heavy atom. The number of carbonyl (C=O) groups excluding carboxylic acids is 1. The molecule has 1 atom stereocenters. The minimum atomic E-state index is -1.13. The number of halogens is 1. The number of hydrogen-bond donors (Lipinski definition) is 2. The van der Waals surface area contributed by atoms with Gasteiger partial charge in [0.1, 0.15) is 5.92 Å². The van der Waals surface area contributed by atoms with Crippen LogP contribution in [0.4, 0.5) is 5.69 Å². The molecule has 0 spiro atoms. The fraction of sp³-hybridized carbons (Fsp3) is 0.429. The van der Waals surface area contributed by atoms with E-state index in [4.69, 9.17) is 11.6 Å². The number of hydrogen-bond acceptors (Lipinski definition) is 2. The fourth-order valence-electron chi connectivity index (χ4n) is 1.82. The van der Waals surface area contributed by atoms with Gasteiger partial charge in [-0.2, -0.15) is 0 Å². The second kappa shape index (κ2) is 5.61. The molecule has 104 valence electrons. The number of rotatable bonds is 3. The number of amides is 1. The molecule has 0 aliphatic carbocycles. The summed E-state index contributed by atoms with van der Waals surface area (Å²) >= 11 is 5.96. The van der Waals surface area contributed by atoms with Gasteiger partial charge in [-0.3, -0.25) is 9.59 Å². The SMILES string of the molecule is Cc1c(Cl)cccc1NC(=O)C(C(=O)O)C(C)(C)C. The molecule has 19 heavy (non-hydrogen) atoms. The Balaban J connectivity index is 3.01. The van der Waals surface area contributed by atoms with Gasteiger partial charge in [-0.1, -0.05) is 38.4 Å². The van der Waals surface area contributed by atoms with Gasteiger partial charge in [0.25, 0.3) is 0 Å². The lowest BCUT2D eigenvalue weighted by atomic mass is 9.80. The number of anilines is 1. The third-order valence-electron chi connectivity index (χ3n) is 2.90. The highest BCUT2D eigenvalue weighted by molar-refractivity contribution is 6.31. The Hall–Kier alpha value is -1.55. The van der Waals surface area contributed by atoms with Crippen molar-refractivity contribution in [2.75, 3.05) is 5.32 Å². The summed E-state index contributed by atoms with van der Waals surface area (Å²) in [6.45, 7) is 6.92. The molecule has 5 heteroatoms. The zero-order valence-electron chi connectivity index (χ0n) is 11.5. The van der Waals surface area contributed by atoms with E-state index in [9.17, 15) is 14.7 Å². The Morgan fingerprint density at radius 1 is 1.32 bits per heavy atom. The number of carboxylic acids is 1. The highest BCUT2D eigenvalue weighted by atomic mass is 35.5. The lowest BCUT2D eigenvalue weighted by molar-refractivity contribution is -0.149. The molecule has 0 aliphatic heterocycles. The molecule has 0 bridgehead atoms. The average molecular weight is 284 g/mol. The molecule has 2 N–H and O–H groups in total. The van der Waals surface area contributed by atoms with Crippen LogP contribution in [0.25, 0.3) is 0 Å². The summed E-state index contributed by atoms with van der Waals surface area (Å²) in [5.41, 5.74) is 0.589. The summed E-state index contributed by atoms with van der Waals surface area (Å²) in [5, 5.41) is 12.4. The number of benzene rings is 1. The summed E-state index contributed by atoms with van der Waals surface area (Å²) < 4.78 is 0. The quantitative estimate of drug-likeness (QED) is 0.836. The molecule has 0 saturated carbocycles. The lowest BCUT2D eigenvalue weighted by Crippen LogP contribution is -2.39. The molecule has 1 rings (SSSR count). The minimum Gasteiger partial charge on any atom is -0.481 e. The molecule has 1 aromatic rings. The van der Waals surface area contributed by atoms with Crippen LogP contribution in [0.5, 0.6) is 0 Å². The van der Waals surface area contributed by atoms with Crippen molar-refractivity contribution in [2.45, 2.75) is 27.7 Å².